The number of alkyl halides is 3. The van der Waals surface area contributed by atoms with E-state index in [2.05, 4.69) is 30.9 Å². The van der Waals surface area contributed by atoms with Gasteiger partial charge in [-0.05, 0) is 82.0 Å². The number of nitrogens with zero attached hydrogens (tertiary/aromatic N) is 4. The van der Waals surface area contributed by atoms with Gasteiger partial charge in [-0.3, -0.25) is 10.2 Å². The molecule has 0 atom stereocenters. The summed E-state index contributed by atoms with van der Waals surface area (Å²) in [7, 11) is 1.66. The molecule has 0 aromatic heterocycles. The highest BCUT2D eigenvalue weighted by molar-refractivity contribution is 8.14. The van der Waals surface area contributed by atoms with Crippen LogP contribution in [-0.2, 0) is 16.1 Å². The molecule has 0 heterocycles. The van der Waals surface area contributed by atoms with E-state index in [0.717, 1.165) is 34.5 Å². The van der Waals surface area contributed by atoms with Crippen LogP contribution in [0.25, 0.3) is 0 Å². The summed E-state index contributed by atoms with van der Waals surface area (Å²) >= 11 is 1.25. The van der Waals surface area contributed by atoms with Gasteiger partial charge in [0, 0.05) is 32.2 Å². The third-order valence-electron chi connectivity index (χ3n) is 6.90. The fourth-order valence-electron chi connectivity index (χ4n) is 4.32. The van der Waals surface area contributed by atoms with Gasteiger partial charge in [0.1, 0.15) is 23.5 Å². The van der Waals surface area contributed by atoms with Crippen LogP contribution in [0.15, 0.2) is 81.7 Å². The lowest BCUT2D eigenvalue weighted by Gasteiger charge is -2.24. The first-order chi connectivity index (χ1) is 24.5. The maximum Gasteiger partial charge on any atom is 0.573 e. The zero-order valence-electron chi connectivity index (χ0n) is 30.0. The van der Waals surface area contributed by atoms with Gasteiger partial charge in [0.15, 0.2) is 5.17 Å². The van der Waals surface area contributed by atoms with E-state index in [1.807, 2.05) is 65.0 Å². The van der Waals surface area contributed by atoms with Crippen LogP contribution in [0.5, 0.6) is 5.75 Å². The lowest BCUT2D eigenvalue weighted by atomic mass is 10.1. The lowest BCUT2D eigenvalue weighted by molar-refractivity contribution is -0.274. The number of carbonyl (C=O) groups is 2. The molecular weight excluding hydrogens is 698 g/mol. The van der Waals surface area contributed by atoms with E-state index in [1.54, 1.807) is 19.2 Å². The summed E-state index contributed by atoms with van der Waals surface area (Å²) in [6, 6.07) is 18.3. The highest BCUT2D eigenvalue weighted by Crippen LogP contribution is 2.25. The van der Waals surface area contributed by atoms with Gasteiger partial charge in [0.2, 0.25) is 5.91 Å². The van der Waals surface area contributed by atoms with Gasteiger partial charge in [-0.1, -0.05) is 54.2 Å². The summed E-state index contributed by atoms with van der Waals surface area (Å²) in [5.74, 6) is -0.199. The molecule has 0 fully saturated rings. The molecule has 0 unspecified atom stereocenters. The van der Waals surface area contributed by atoms with E-state index in [0.29, 0.717) is 42.5 Å². The molecule has 0 bridgehead atoms. The fraction of sp³-hybridized carbons (Fsp3) is 0.361. The second-order valence-corrected chi connectivity index (χ2v) is 13.5. The Hall–Kier alpha value is -5.09. The fourth-order valence-corrected chi connectivity index (χ4v) is 4.99. The van der Waals surface area contributed by atoms with E-state index in [9.17, 15) is 22.8 Å². The minimum absolute atomic E-state index is 0.120. The number of benzene rings is 3. The second kappa shape index (κ2) is 19.5. The van der Waals surface area contributed by atoms with Gasteiger partial charge in [0.05, 0.1) is 17.1 Å². The number of nitrogens with one attached hydrogen (secondary N) is 3. The van der Waals surface area contributed by atoms with Gasteiger partial charge in [-0.15, -0.1) is 13.2 Å². The third-order valence-corrected chi connectivity index (χ3v) is 7.78. The topological polar surface area (TPSA) is 155 Å². The minimum atomic E-state index is -4.77. The lowest BCUT2D eigenvalue weighted by Crippen LogP contribution is -2.37. The summed E-state index contributed by atoms with van der Waals surface area (Å²) in [5, 5.41) is 3.39. The van der Waals surface area contributed by atoms with Crippen LogP contribution in [-0.4, -0.2) is 72.1 Å². The summed E-state index contributed by atoms with van der Waals surface area (Å²) < 4.78 is 46.2. The number of hydrogen-bond acceptors (Lipinski definition) is 8. The Kier molecular flexibility index (Phi) is 15.5. The van der Waals surface area contributed by atoms with Gasteiger partial charge in [0.25, 0.3) is 0 Å². The first kappa shape index (κ1) is 41.3. The van der Waals surface area contributed by atoms with Crippen molar-refractivity contribution in [2.75, 3.05) is 25.9 Å². The maximum absolute atomic E-state index is 12.7. The van der Waals surface area contributed by atoms with Crippen LogP contribution >= 0.6 is 11.8 Å². The molecule has 52 heavy (non-hydrogen) atoms. The van der Waals surface area contributed by atoms with E-state index < -0.39 is 18.1 Å². The second-order valence-electron chi connectivity index (χ2n) is 12.5. The SMILES string of the molecule is Cc1cccc(C)c1N=C(NNCc1ccc(C(N)=NC=Nc2ccc(OC(F)(F)F)cc2)cc1)SCC(=O)NCCCN(C)C(=O)OC(C)(C)C. The van der Waals surface area contributed by atoms with E-state index in [1.165, 1.54) is 35.1 Å². The molecule has 0 aliphatic rings. The van der Waals surface area contributed by atoms with Crippen molar-refractivity contribution < 1.29 is 32.2 Å². The molecule has 3 aromatic carbocycles. The normalized spacial score (nSPS) is 12.5. The molecule has 16 heteroatoms. The van der Waals surface area contributed by atoms with Crippen LogP contribution in [0.1, 0.15) is 49.4 Å². The van der Waals surface area contributed by atoms with Crippen molar-refractivity contribution in [2.45, 2.75) is 59.5 Å². The highest BCUT2D eigenvalue weighted by atomic mass is 32.2. The number of hydrogen-bond donors (Lipinski definition) is 4. The molecule has 2 amide bonds. The Bertz CT molecular complexity index is 1710. The number of carbonyl (C=O) groups excluding carboxylic acids is 2. The monoisotopic (exact) mass is 742 g/mol. The Morgan fingerprint density at radius 2 is 1.63 bits per heavy atom. The molecule has 0 aliphatic heterocycles. The number of aliphatic imine (C=N–C) groups is 3. The Labute approximate surface area is 306 Å². The summed E-state index contributed by atoms with van der Waals surface area (Å²) in [4.78, 5) is 39.3. The number of amidine groups is 2. The smallest absolute Gasteiger partial charge is 0.444 e. The number of halogens is 3. The van der Waals surface area contributed by atoms with Crippen LogP contribution in [0, 0.1) is 13.8 Å². The summed E-state index contributed by atoms with van der Waals surface area (Å²) in [6.45, 7) is 10.6. The zero-order chi connectivity index (χ0) is 38.3. The predicted octanol–water partition coefficient (Wildman–Crippen LogP) is 6.66. The molecule has 3 rings (SSSR count). The average molecular weight is 743 g/mol. The van der Waals surface area contributed by atoms with E-state index in [4.69, 9.17) is 15.5 Å². The molecule has 0 spiro atoms. The van der Waals surface area contributed by atoms with Crippen molar-refractivity contribution in [3.05, 3.63) is 89.0 Å². The van der Waals surface area contributed by atoms with E-state index >= 15 is 0 Å². The van der Waals surface area contributed by atoms with Crippen molar-refractivity contribution in [1.82, 2.24) is 21.1 Å². The zero-order valence-corrected chi connectivity index (χ0v) is 30.8. The molecule has 0 saturated heterocycles. The number of thioether (sulfide) groups is 1. The summed E-state index contributed by atoms with van der Waals surface area (Å²) in [6.07, 6.45) is -3.39. The largest absolute Gasteiger partial charge is 0.573 e. The molecule has 280 valence electrons. The number of ether oxygens (including phenoxy) is 2. The molecule has 0 saturated carbocycles. The van der Waals surface area contributed by atoms with Crippen LogP contribution in [0.4, 0.5) is 29.3 Å². The van der Waals surface area contributed by atoms with Crippen molar-refractivity contribution in [1.29, 1.82) is 0 Å². The quantitative estimate of drug-likeness (QED) is 0.0619. The van der Waals surface area contributed by atoms with Gasteiger partial charge >= 0.3 is 12.5 Å². The molecule has 3 aromatic rings. The number of nitrogens with two attached hydrogens (primary N) is 1. The molecule has 0 aliphatic carbocycles. The Morgan fingerprint density at radius 3 is 2.25 bits per heavy atom. The first-order valence-corrected chi connectivity index (χ1v) is 17.3. The third kappa shape index (κ3) is 15.4. The number of rotatable bonds is 14. The first-order valence-electron chi connectivity index (χ1n) is 16.3. The van der Waals surface area contributed by atoms with Crippen LogP contribution < -0.4 is 26.6 Å². The minimum Gasteiger partial charge on any atom is -0.444 e. The average Bonchev–Trinajstić information content (AvgIpc) is 3.06. The standard InChI is InChI=1S/C36H45F3N8O4S/c1-24-9-7-10-25(2)31(24)45-33(52-22-30(48)41-19-8-20-47(6)34(49)51-35(3,4)5)46-44-21-26-11-13-27(14-12-26)32(40)43-23-42-28-15-17-29(18-16-28)50-36(37,38)39/h7,9-18,23,44H,8,19-22H2,1-6H3,(H,41,48)(H,45,46)(H2,40,42,43). The number of amides is 2. The number of aryl methyl sites for hydroxylation is 2. The van der Waals surface area contributed by atoms with E-state index in [-0.39, 0.29) is 23.2 Å². The van der Waals surface area contributed by atoms with Crippen LogP contribution in [0.3, 0.4) is 0 Å². The van der Waals surface area contributed by atoms with Gasteiger partial charge in [-0.2, -0.15) is 0 Å². The van der Waals surface area contributed by atoms with Crippen molar-refractivity contribution >= 4 is 52.5 Å². The van der Waals surface area contributed by atoms with Crippen LogP contribution in [0.2, 0.25) is 0 Å². The molecule has 5 N–H and O–H groups in total. The van der Waals surface area contributed by atoms with Crippen molar-refractivity contribution in [3.63, 3.8) is 0 Å². The van der Waals surface area contributed by atoms with Crippen molar-refractivity contribution in [3.8, 4) is 5.75 Å². The Morgan fingerprint density at radius 1 is 0.981 bits per heavy atom. The predicted molar refractivity (Wildman–Crippen MR) is 200 cm³/mol. The van der Waals surface area contributed by atoms with Gasteiger partial charge in [-0.25, -0.2) is 25.2 Å². The molecule has 0 radical (unpaired) electrons. The number of hydrazine groups is 1. The maximum atomic E-state index is 12.7. The summed E-state index contributed by atoms with van der Waals surface area (Å²) in [5.41, 5.74) is 16.5. The highest BCUT2D eigenvalue weighted by Gasteiger charge is 2.31. The van der Waals surface area contributed by atoms with Crippen molar-refractivity contribution in [2.24, 2.45) is 20.7 Å². The molecule has 12 nitrogen and oxygen atoms in total. The van der Waals surface area contributed by atoms with Gasteiger partial charge < -0.3 is 25.4 Å². The Balaban J connectivity index is 1.53. The molecular formula is C36H45F3N8O4S. The number of para-hydroxylation sites is 1.